The summed E-state index contributed by atoms with van der Waals surface area (Å²) in [5, 5.41) is 9.70. The molecule has 1 amide bonds. The Balaban J connectivity index is 0.979. The molecule has 1 N–H and O–H groups in total. The lowest BCUT2D eigenvalue weighted by atomic mass is 9.32. The summed E-state index contributed by atoms with van der Waals surface area (Å²) in [6.07, 6.45) is 16.1. The van der Waals surface area contributed by atoms with E-state index in [2.05, 4.69) is 46.4 Å². The smallest absolute Gasteiger partial charge is 0.309 e. The average Bonchev–Trinajstić information content (AvgIpc) is 3.78. The molecule has 328 valence electrons. The molecule has 12 atom stereocenters. The van der Waals surface area contributed by atoms with Crippen molar-refractivity contribution in [1.29, 1.82) is 0 Å². The van der Waals surface area contributed by atoms with Crippen molar-refractivity contribution in [3.05, 3.63) is 0 Å². The monoisotopic (exact) mass is 810 g/mol. The van der Waals surface area contributed by atoms with E-state index in [1.807, 2.05) is 13.8 Å². The fourth-order valence-corrected chi connectivity index (χ4v) is 16.5. The molecule has 0 aromatic heterocycles. The Kier molecular flexibility index (Phi) is 11.1. The first kappa shape index (κ1) is 43.0. The van der Waals surface area contributed by atoms with Crippen molar-refractivity contribution in [1.82, 2.24) is 4.90 Å². The van der Waals surface area contributed by atoms with Crippen molar-refractivity contribution >= 4 is 17.8 Å². The molecule has 7 saturated carbocycles. The van der Waals surface area contributed by atoms with Crippen LogP contribution in [0.2, 0.25) is 0 Å². The minimum absolute atomic E-state index is 0.148. The van der Waals surface area contributed by atoms with E-state index in [1.165, 1.54) is 38.5 Å². The summed E-state index contributed by atoms with van der Waals surface area (Å²) >= 11 is 0. The molecular weight excluding hydrogens is 731 g/mol. The molecule has 1 heterocycles. The molecule has 9 nitrogen and oxygen atoms in total. The highest BCUT2D eigenvalue weighted by Crippen LogP contribution is 2.79. The maximum atomic E-state index is 15.2. The molecule has 0 aromatic carbocycles. The van der Waals surface area contributed by atoms with Crippen LogP contribution in [0.5, 0.6) is 0 Å². The van der Waals surface area contributed by atoms with Crippen LogP contribution in [-0.4, -0.2) is 86.7 Å². The Morgan fingerprint density at radius 3 is 2.02 bits per heavy atom. The number of nitrogens with zero attached hydrogens (tertiary/aromatic N) is 1. The third-order valence-corrected chi connectivity index (χ3v) is 20.6. The number of piperidine rings is 1. The SMILES string of the molecule is COCCOCCOC1CCN(C(=O)[C@]23CC[C@@H](C4(C)CC4)[C@@H]2[C@H]2CC[C@@H]4[C@@]5(C)CC[C@H](OC(=O)[C@H]6C[C@@H](C(=O)O)C6(C)C)C(C)(C)[C@@H]5CC[C@@]4(C)[C@]2(C)CC3)CC1. The Hall–Kier alpha value is -1.71. The van der Waals surface area contributed by atoms with Crippen molar-refractivity contribution in [2.45, 2.75) is 164 Å². The van der Waals surface area contributed by atoms with Crippen LogP contribution < -0.4 is 0 Å². The summed E-state index contributed by atoms with van der Waals surface area (Å²) in [4.78, 5) is 43.0. The summed E-state index contributed by atoms with van der Waals surface area (Å²) in [6.45, 7) is 23.1. The number of carbonyl (C=O) groups is 3. The molecule has 0 unspecified atom stereocenters. The molecular formula is C49H79NO8. The molecule has 1 aliphatic heterocycles. The minimum atomic E-state index is -0.810. The Labute approximate surface area is 350 Å². The van der Waals surface area contributed by atoms with E-state index in [4.69, 9.17) is 18.9 Å². The molecule has 9 heteroatoms. The molecule has 8 fully saturated rings. The number of rotatable bonds is 12. The van der Waals surface area contributed by atoms with E-state index in [-0.39, 0.29) is 51.2 Å². The zero-order valence-corrected chi connectivity index (χ0v) is 37.8. The highest BCUT2D eigenvalue weighted by molar-refractivity contribution is 5.84. The summed E-state index contributed by atoms with van der Waals surface area (Å²) in [6, 6.07) is 0. The molecule has 0 bridgehead atoms. The molecule has 7 aliphatic carbocycles. The first-order chi connectivity index (χ1) is 27.3. The van der Waals surface area contributed by atoms with Gasteiger partial charge in [-0.1, -0.05) is 55.4 Å². The Morgan fingerprint density at radius 1 is 0.655 bits per heavy atom. The van der Waals surface area contributed by atoms with E-state index in [9.17, 15) is 14.7 Å². The van der Waals surface area contributed by atoms with Gasteiger partial charge in [0.2, 0.25) is 5.91 Å². The largest absolute Gasteiger partial charge is 0.481 e. The van der Waals surface area contributed by atoms with Gasteiger partial charge >= 0.3 is 11.9 Å². The topological polar surface area (TPSA) is 112 Å². The number of esters is 1. The lowest BCUT2D eigenvalue weighted by Crippen LogP contribution is -2.68. The van der Waals surface area contributed by atoms with Crippen LogP contribution in [0.3, 0.4) is 0 Å². The third kappa shape index (κ3) is 6.48. The third-order valence-electron chi connectivity index (χ3n) is 20.6. The number of amides is 1. The Morgan fingerprint density at radius 2 is 1.36 bits per heavy atom. The van der Waals surface area contributed by atoms with Crippen LogP contribution in [-0.2, 0) is 33.3 Å². The van der Waals surface area contributed by atoms with E-state index >= 15 is 4.79 Å². The van der Waals surface area contributed by atoms with Gasteiger partial charge in [-0.3, -0.25) is 14.4 Å². The predicted molar refractivity (Wildman–Crippen MR) is 223 cm³/mol. The van der Waals surface area contributed by atoms with Crippen LogP contribution in [0.4, 0.5) is 0 Å². The van der Waals surface area contributed by atoms with Gasteiger partial charge in [0.25, 0.3) is 0 Å². The maximum Gasteiger partial charge on any atom is 0.309 e. The van der Waals surface area contributed by atoms with Crippen LogP contribution in [0.25, 0.3) is 0 Å². The fraction of sp³-hybridized carbons (Fsp3) is 0.939. The normalized spacial score (nSPS) is 44.8. The second-order valence-corrected chi connectivity index (χ2v) is 23.4. The summed E-state index contributed by atoms with van der Waals surface area (Å²) < 4.78 is 23.4. The first-order valence-corrected chi connectivity index (χ1v) is 23.7. The second kappa shape index (κ2) is 15.0. The molecule has 8 aliphatic rings. The number of ether oxygens (including phenoxy) is 4. The number of hydrogen-bond acceptors (Lipinski definition) is 7. The fourth-order valence-electron chi connectivity index (χ4n) is 16.5. The zero-order valence-electron chi connectivity index (χ0n) is 37.8. The standard InChI is InChI=1S/C49H79NO8/c1-43(2)34(40(51)52)30-35(43)41(53)58-38-14-17-46(6)36(44(38,3)4)13-18-48(8)37(46)11-10-33-39-32(45(5)20-21-45)12-19-49(39,23-22-47(33,48)7)42(54)50-24-15-31(16-25-50)57-29-28-56-27-26-55-9/h31-39H,10-30H2,1-9H3,(H,51,52)/t32-,33-,34+,35-,36+,37-,38+,39-,46+,47-,48-,49+/m1/s1. The number of carboxylic acids is 1. The number of carbonyl (C=O) groups excluding carboxylic acids is 2. The maximum absolute atomic E-state index is 15.2. The van der Waals surface area contributed by atoms with Crippen molar-refractivity contribution in [3.63, 3.8) is 0 Å². The number of methoxy groups -OCH3 is 1. The van der Waals surface area contributed by atoms with E-state index in [1.54, 1.807) is 7.11 Å². The molecule has 0 aromatic rings. The van der Waals surface area contributed by atoms with Crippen molar-refractivity contribution < 1.29 is 38.4 Å². The number of hydrogen-bond donors (Lipinski definition) is 1. The zero-order chi connectivity index (χ0) is 41.7. The molecule has 0 spiro atoms. The lowest BCUT2D eigenvalue weighted by molar-refractivity contribution is -0.253. The quantitative estimate of drug-likeness (QED) is 0.154. The summed E-state index contributed by atoms with van der Waals surface area (Å²) in [7, 11) is 1.69. The molecule has 0 radical (unpaired) electrons. The van der Waals surface area contributed by atoms with Crippen molar-refractivity contribution in [2.75, 3.05) is 46.6 Å². The highest BCUT2D eigenvalue weighted by atomic mass is 16.5. The van der Waals surface area contributed by atoms with Gasteiger partial charge in [-0.25, -0.2) is 0 Å². The van der Waals surface area contributed by atoms with Gasteiger partial charge in [0.15, 0.2) is 0 Å². The Bertz CT molecular complexity index is 1580. The van der Waals surface area contributed by atoms with Crippen molar-refractivity contribution in [2.24, 2.45) is 79.3 Å². The molecule has 58 heavy (non-hydrogen) atoms. The van der Waals surface area contributed by atoms with Crippen LogP contribution in [0.1, 0.15) is 152 Å². The van der Waals surface area contributed by atoms with Crippen LogP contribution in [0.15, 0.2) is 0 Å². The number of carboxylic acid groups (broad SMARTS) is 1. The van der Waals surface area contributed by atoms with Crippen molar-refractivity contribution in [3.8, 4) is 0 Å². The van der Waals surface area contributed by atoms with Gasteiger partial charge in [0.1, 0.15) is 6.10 Å². The number of likely N-dealkylation sites (tertiary alicyclic amines) is 1. The van der Waals surface area contributed by atoms with Gasteiger partial charge in [-0.2, -0.15) is 0 Å². The van der Waals surface area contributed by atoms with Crippen LogP contribution in [0, 0.1) is 79.3 Å². The molecule has 8 rings (SSSR count). The van der Waals surface area contributed by atoms with E-state index < -0.39 is 17.3 Å². The van der Waals surface area contributed by atoms with E-state index in [0.717, 1.165) is 64.5 Å². The summed E-state index contributed by atoms with van der Waals surface area (Å²) in [5.41, 5.74) is -0.0507. The van der Waals surface area contributed by atoms with Gasteiger partial charge in [-0.05, 0) is 153 Å². The number of aliphatic carboxylic acids is 1. The molecule has 1 saturated heterocycles. The predicted octanol–water partition coefficient (Wildman–Crippen LogP) is 9.20. The lowest BCUT2D eigenvalue weighted by Gasteiger charge is -2.73. The van der Waals surface area contributed by atoms with Gasteiger partial charge in [-0.15, -0.1) is 0 Å². The second-order valence-electron chi connectivity index (χ2n) is 23.4. The number of fused-ring (bicyclic) bond motifs is 7. The van der Waals surface area contributed by atoms with Gasteiger partial charge in [0.05, 0.1) is 49.8 Å². The van der Waals surface area contributed by atoms with E-state index in [0.29, 0.717) is 73.8 Å². The first-order valence-electron chi connectivity index (χ1n) is 23.7. The van der Waals surface area contributed by atoms with Gasteiger partial charge in [0, 0.05) is 25.6 Å². The minimum Gasteiger partial charge on any atom is -0.481 e. The average molecular weight is 810 g/mol. The highest BCUT2D eigenvalue weighted by Gasteiger charge is 2.74. The van der Waals surface area contributed by atoms with Gasteiger partial charge < -0.3 is 29.0 Å². The summed E-state index contributed by atoms with van der Waals surface area (Å²) in [5.74, 6) is 1.37. The van der Waals surface area contributed by atoms with Crippen LogP contribution >= 0.6 is 0 Å².